The average Bonchev–Trinajstić information content (AvgIpc) is 2.73. The third kappa shape index (κ3) is 3.20. The molecule has 2 aromatic rings. The zero-order valence-electron chi connectivity index (χ0n) is 11.7. The van der Waals surface area contributed by atoms with Gasteiger partial charge in [0.25, 0.3) is 5.91 Å². The number of amides is 2. The lowest BCUT2D eigenvalue weighted by Gasteiger charge is -2.10. The number of nitrogens with one attached hydrogen (secondary N) is 2. The summed E-state index contributed by atoms with van der Waals surface area (Å²) in [6, 6.07) is 5.41. The van der Waals surface area contributed by atoms with Gasteiger partial charge in [-0.2, -0.15) is 0 Å². The third-order valence-corrected chi connectivity index (χ3v) is 3.15. The first-order valence-corrected chi connectivity index (χ1v) is 6.82. The van der Waals surface area contributed by atoms with Gasteiger partial charge in [0.15, 0.2) is 0 Å². The largest absolute Gasteiger partial charge is 0.491 e. The Hall–Kier alpha value is -2.96. The summed E-state index contributed by atoms with van der Waals surface area (Å²) in [5, 5.41) is 5.54. The van der Waals surface area contributed by atoms with Crippen molar-refractivity contribution in [3.05, 3.63) is 48.0 Å². The molecule has 2 amide bonds. The Morgan fingerprint density at radius 2 is 2.27 bits per heavy atom. The predicted molar refractivity (Wildman–Crippen MR) is 78.4 cm³/mol. The van der Waals surface area contributed by atoms with E-state index in [0.29, 0.717) is 31.0 Å². The van der Waals surface area contributed by atoms with Crippen LogP contribution in [0.15, 0.2) is 36.8 Å². The minimum Gasteiger partial charge on any atom is -0.491 e. The number of benzene rings is 1. The van der Waals surface area contributed by atoms with Crippen LogP contribution >= 0.6 is 0 Å². The van der Waals surface area contributed by atoms with Crippen molar-refractivity contribution >= 4 is 17.5 Å². The second kappa shape index (κ2) is 6.21. The summed E-state index contributed by atoms with van der Waals surface area (Å²) in [5.41, 5.74) is 1.73. The molecule has 0 saturated carbocycles. The van der Waals surface area contributed by atoms with Crippen LogP contribution in [-0.2, 0) is 11.3 Å². The molecule has 1 aromatic carbocycles. The average molecular weight is 298 g/mol. The zero-order chi connectivity index (χ0) is 15.4. The number of nitrogens with zero attached hydrogens (tertiary/aromatic N) is 2. The van der Waals surface area contributed by atoms with Crippen LogP contribution in [0.2, 0.25) is 0 Å². The van der Waals surface area contributed by atoms with Gasteiger partial charge in [-0.25, -0.2) is 4.98 Å². The van der Waals surface area contributed by atoms with E-state index < -0.39 is 0 Å². The Balaban J connectivity index is 1.69. The number of fused-ring (bicyclic) bond motifs is 1. The van der Waals surface area contributed by atoms with Crippen molar-refractivity contribution in [2.45, 2.75) is 13.0 Å². The highest BCUT2D eigenvalue weighted by Crippen LogP contribution is 2.28. The van der Waals surface area contributed by atoms with E-state index in [9.17, 15) is 9.59 Å². The smallest absolute Gasteiger partial charge is 0.271 e. The number of carbonyl (C=O) groups excluding carboxylic acids is 2. The highest BCUT2D eigenvalue weighted by atomic mass is 16.5. The van der Waals surface area contributed by atoms with E-state index in [1.807, 2.05) is 6.07 Å². The zero-order valence-corrected chi connectivity index (χ0v) is 11.7. The fraction of sp³-hybridized carbons (Fsp3) is 0.200. The number of rotatable bonds is 3. The molecular formula is C15H14N4O3. The minimum absolute atomic E-state index is 0.0838. The second-order valence-electron chi connectivity index (χ2n) is 4.75. The van der Waals surface area contributed by atoms with Gasteiger partial charge in [0.2, 0.25) is 5.91 Å². The van der Waals surface area contributed by atoms with Gasteiger partial charge >= 0.3 is 0 Å². The predicted octanol–water partition coefficient (Wildman–Crippen LogP) is 1.13. The first-order valence-electron chi connectivity index (χ1n) is 6.82. The van der Waals surface area contributed by atoms with Gasteiger partial charge in [-0.15, -0.1) is 0 Å². The quantitative estimate of drug-likeness (QED) is 0.886. The standard InChI is InChI=1S/C15H14N4O3/c20-14-3-6-22-13-2-1-10(7-11(13)19-14)8-18-15(21)12-9-16-4-5-17-12/h1-2,4-5,7,9H,3,6,8H2,(H,18,21)(H,19,20). The molecule has 0 unspecified atom stereocenters. The second-order valence-corrected chi connectivity index (χ2v) is 4.75. The lowest BCUT2D eigenvalue weighted by atomic mass is 10.2. The van der Waals surface area contributed by atoms with Crippen molar-refractivity contribution in [1.82, 2.24) is 15.3 Å². The Bertz CT molecular complexity index is 703. The maximum atomic E-state index is 11.9. The third-order valence-electron chi connectivity index (χ3n) is 3.15. The van der Waals surface area contributed by atoms with Gasteiger partial charge in [-0.1, -0.05) is 6.07 Å². The summed E-state index contributed by atoms with van der Waals surface area (Å²) in [5.74, 6) is 0.248. The molecule has 0 bridgehead atoms. The molecule has 2 N–H and O–H groups in total. The molecule has 0 spiro atoms. The van der Waals surface area contributed by atoms with Crippen LogP contribution in [0.5, 0.6) is 5.75 Å². The number of hydrogen-bond acceptors (Lipinski definition) is 5. The maximum absolute atomic E-state index is 11.9. The van der Waals surface area contributed by atoms with Gasteiger partial charge in [0.1, 0.15) is 11.4 Å². The normalized spacial score (nSPS) is 13.4. The fourth-order valence-corrected chi connectivity index (χ4v) is 2.07. The monoisotopic (exact) mass is 298 g/mol. The molecule has 1 aromatic heterocycles. The van der Waals surface area contributed by atoms with Crippen molar-refractivity contribution in [2.75, 3.05) is 11.9 Å². The Morgan fingerprint density at radius 1 is 1.36 bits per heavy atom. The summed E-state index contributed by atoms with van der Waals surface area (Å²) < 4.78 is 5.48. The number of anilines is 1. The van der Waals surface area contributed by atoms with Crippen molar-refractivity contribution in [2.24, 2.45) is 0 Å². The van der Waals surface area contributed by atoms with Crippen molar-refractivity contribution in [3.8, 4) is 5.75 Å². The van der Waals surface area contributed by atoms with Gasteiger partial charge in [-0.05, 0) is 17.7 Å². The Kier molecular flexibility index (Phi) is 3.95. The molecule has 112 valence electrons. The maximum Gasteiger partial charge on any atom is 0.271 e. The molecule has 0 saturated heterocycles. The SMILES string of the molecule is O=C1CCOc2ccc(CNC(=O)c3cnccn3)cc2N1. The fourth-order valence-electron chi connectivity index (χ4n) is 2.07. The van der Waals surface area contributed by atoms with Crippen LogP contribution < -0.4 is 15.4 Å². The first-order chi connectivity index (χ1) is 10.7. The van der Waals surface area contributed by atoms with E-state index in [-0.39, 0.29) is 17.5 Å². The molecule has 7 nitrogen and oxygen atoms in total. The van der Waals surface area contributed by atoms with E-state index in [2.05, 4.69) is 20.6 Å². The minimum atomic E-state index is -0.302. The Labute approximate surface area is 126 Å². The van der Waals surface area contributed by atoms with Gasteiger partial charge in [0, 0.05) is 18.9 Å². The Morgan fingerprint density at radius 3 is 3.09 bits per heavy atom. The van der Waals surface area contributed by atoms with Crippen LogP contribution in [0.1, 0.15) is 22.5 Å². The first kappa shape index (κ1) is 14.0. The van der Waals surface area contributed by atoms with Gasteiger partial charge < -0.3 is 15.4 Å². The molecule has 0 fully saturated rings. The van der Waals surface area contributed by atoms with Gasteiger partial charge in [0.05, 0.1) is 24.9 Å². The lowest BCUT2D eigenvalue weighted by Crippen LogP contribution is -2.24. The summed E-state index contributed by atoms with van der Waals surface area (Å²) >= 11 is 0. The molecule has 1 aliphatic heterocycles. The van der Waals surface area contributed by atoms with E-state index in [1.54, 1.807) is 12.1 Å². The summed E-state index contributed by atoms with van der Waals surface area (Å²) in [6.45, 7) is 0.681. The molecule has 7 heteroatoms. The molecule has 1 aliphatic rings. The van der Waals surface area contributed by atoms with E-state index in [1.165, 1.54) is 18.6 Å². The molecular weight excluding hydrogens is 284 g/mol. The lowest BCUT2D eigenvalue weighted by molar-refractivity contribution is -0.116. The van der Waals surface area contributed by atoms with E-state index in [0.717, 1.165) is 5.56 Å². The van der Waals surface area contributed by atoms with Crippen molar-refractivity contribution in [1.29, 1.82) is 0 Å². The van der Waals surface area contributed by atoms with Crippen LogP contribution in [0, 0.1) is 0 Å². The van der Waals surface area contributed by atoms with Crippen LogP contribution in [0.3, 0.4) is 0 Å². The molecule has 0 radical (unpaired) electrons. The van der Waals surface area contributed by atoms with E-state index in [4.69, 9.17) is 4.74 Å². The number of carbonyl (C=O) groups is 2. The highest BCUT2D eigenvalue weighted by molar-refractivity contribution is 5.93. The molecule has 0 atom stereocenters. The van der Waals surface area contributed by atoms with Crippen LogP contribution in [-0.4, -0.2) is 28.4 Å². The molecule has 0 aliphatic carbocycles. The highest BCUT2D eigenvalue weighted by Gasteiger charge is 2.14. The van der Waals surface area contributed by atoms with E-state index >= 15 is 0 Å². The number of hydrogen-bond donors (Lipinski definition) is 2. The van der Waals surface area contributed by atoms with Crippen LogP contribution in [0.25, 0.3) is 0 Å². The van der Waals surface area contributed by atoms with Gasteiger partial charge in [-0.3, -0.25) is 14.6 Å². The van der Waals surface area contributed by atoms with Crippen molar-refractivity contribution < 1.29 is 14.3 Å². The summed E-state index contributed by atoms with van der Waals surface area (Å²) in [7, 11) is 0. The summed E-state index contributed by atoms with van der Waals surface area (Å²) in [6.07, 6.45) is 4.70. The molecule has 2 heterocycles. The number of aromatic nitrogens is 2. The number of ether oxygens (including phenoxy) is 1. The van der Waals surface area contributed by atoms with Crippen LogP contribution in [0.4, 0.5) is 5.69 Å². The topological polar surface area (TPSA) is 93.2 Å². The van der Waals surface area contributed by atoms with Crippen molar-refractivity contribution in [3.63, 3.8) is 0 Å². The molecule has 3 rings (SSSR count). The summed E-state index contributed by atoms with van der Waals surface area (Å²) in [4.78, 5) is 31.2. The molecule has 22 heavy (non-hydrogen) atoms.